The fourth-order valence-electron chi connectivity index (χ4n) is 1.27. The third kappa shape index (κ3) is 2.60. The Labute approximate surface area is 114 Å². The van der Waals surface area contributed by atoms with Crippen LogP contribution in [-0.2, 0) is 0 Å². The summed E-state index contributed by atoms with van der Waals surface area (Å²) >= 11 is 4.52. The molecule has 0 N–H and O–H groups in total. The Morgan fingerprint density at radius 3 is 2.27 bits per heavy atom. The van der Waals surface area contributed by atoms with Crippen molar-refractivity contribution in [3.05, 3.63) is 43.2 Å². The maximum Gasteiger partial charge on any atom is 0.185 e. The predicted molar refractivity (Wildman–Crippen MR) is 75.0 cm³/mol. The Bertz CT molecular complexity index is 483. The number of halogens is 2. The summed E-state index contributed by atoms with van der Waals surface area (Å²) in [5.41, 5.74) is 0.999. The molecular weight excluding hydrogens is 418 g/mol. The number of aldehydes is 1. The predicted octanol–water partition coefficient (Wildman–Crippen LogP) is 3.97. The van der Waals surface area contributed by atoms with Gasteiger partial charge in [0.05, 0.1) is 0 Å². The van der Waals surface area contributed by atoms with Crippen LogP contribution in [0.3, 0.4) is 0 Å². The maximum atomic E-state index is 10.5. The fraction of sp³-hybridized carbons (Fsp3) is 0. The van der Waals surface area contributed by atoms with E-state index in [-0.39, 0.29) is 0 Å². The van der Waals surface area contributed by atoms with Crippen LogP contribution < -0.4 is 0 Å². The van der Waals surface area contributed by atoms with Crippen LogP contribution in [0, 0.1) is 7.14 Å². The minimum atomic E-state index is 0.360. The zero-order valence-corrected chi connectivity index (χ0v) is 11.9. The Kier molecular flexibility index (Phi) is 3.45. The van der Waals surface area contributed by atoms with Crippen molar-refractivity contribution in [1.29, 1.82) is 0 Å². The van der Waals surface area contributed by atoms with Gasteiger partial charge in [0.1, 0.15) is 5.76 Å². The Balaban J connectivity index is 2.48. The van der Waals surface area contributed by atoms with Crippen molar-refractivity contribution in [2.75, 3.05) is 0 Å². The van der Waals surface area contributed by atoms with Crippen LogP contribution in [-0.4, -0.2) is 6.29 Å². The lowest BCUT2D eigenvalue weighted by molar-refractivity contribution is 0.110. The SMILES string of the molecule is O=Cc1ccc(-c2cc(I)cc(I)c2)o1. The molecule has 0 atom stereocenters. The summed E-state index contributed by atoms with van der Waals surface area (Å²) in [6, 6.07) is 9.61. The highest BCUT2D eigenvalue weighted by molar-refractivity contribution is 14.1. The van der Waals surface area contributed by atoms with Gasteiger partial charge in [-0.2, -0.15) is 0 Å². The minimum absolute atomic E-state index is 0.360. The average Bonchev–Trinajstić information content (AvgIpc) is 2.64. The molecule has 0 aliphatic carbocycles. The topological polar surface area (TPSA) is 30.2 Å². The molecule has 0 aliphatic rings. The van der Waals surface area contributed by atoms with E-state index >= 15 is 0 Å². The van der Waals surface area contributed by atoms with Crippen LogP contribution in [0.25, 0.3) is 11.3 Å². The molecule has 0 saturated carbocycles. The Morgan fingerprint density at radius 1 is 1.07 bits per heavy atom. The average molecular weight is 424 g/mol. The van der Waals surface area contributed by atoms with E-state index in [1.165, 1.54) is 0 Å². The van der Waals surface area contributed by atoms with Crippen LogP contribution in [0.5, 0.6) is 0 Å². The van der Waals surface area contributed by atoms with E-state index in [0.717, 1.165) is 18.5 Å². The molecule has 0 saturated heterocycles. The molecular formula is C11H6I2O2. The molecule has 0 unspecified atom stereocenters. The summed E-state index contributed by atoms with van der Waals surface area (Å²) in [5, 5.41) is 0. The number of hydrogen-bond acceptors (Lipinski definition) is 2. The fourth-order valence-corrected chi connectivity index (χ4v) is 3.21. The molecule has 1 aromatic carbocycles. The van der Waals surface area contributed by atoms with Gasteiger partial charge in [-0.25, -0.2) is 0 Å². The van der Waals surface area contributed by atoms with E-state index in [1.54, 1.807) is 6.07 Å². The van der Waals surface area contributed by atoms with Crippen molar-refractivity contribution in [3.8, 4) is 11.3 Å². The second-order valence-electron chi connectivity index (χ2n) is 2.98. The van der Waals surface area contributed by atoms with Crippen molar-refractivity contribution >= 4 is 51.5 Å². The summed E-state index contributed by atoms with van der Waals surface area (Å²) < 4.78 is 7.66. The first kappa shape index (κ1) is 11.1. The van der Waals surface area contributed by atoms with Gasteiger partial charge in [0.25, 0.3) is 0 Å². The molecule has 15 heavy (non-hydrogen) atoms. The van der Waals surface area contributed by atoms with E-state index in [2.05, 4.69) is 51.2 Å². The van der Waals surface area contributed by atoms with Crippen LogP contribution in [0.15, 0.2) is 34.7 Å². The first-order chi connectivity index (χ1) is 7.19. The van der Waals surface area contributed by atoms with Crippen LogP contribution in [0.2, 0.25) is 0 Å². The lowest BCUT2D eigenvalue weighted by atomic mass is 10.2. The number of carbonyl (C=O) groups is 1. The van der Waals surface area contributed by atoms with Gasteiger partial charge < -0.3 is 4.42 Å². The molecule has 0 radical (unpaired) electrons. The molecule has 2 nitrogen and oxygen atoms in total. The molecule has 0 fully saturated rings. The van der Waals surface area contributed by atoms with Crippen LogP contribution in [0.4, 0.5) is 0 Å². The number of rotatable bonds is 2. The second kappa shape index (κ2) is 4.65. The van der Waals surface area contributed by atoms with E-state index in [0.29, 0.717) is 12.0 Å². The highest BCUT2D eigenvalue weighted by atomic mass is 127. The molecule has 4 heteroatoms. The molecule has 1 aromatic heterocycles. The molecule has 0 aliphatic heterocycles. The number of carbonyl (C=O) groups excluding carboxylic acids is 1. The number of hydrogen-bond donors (Lipinski definition) is 0. The van der Waals surface area contributed by atoms with Gasteiger partial charge in [0.2, 0.25) is 0 Å². The molecule has 0 bridgehead atoms. The molecule has 0 amide bonds. The van der Waals surface area contributed by atoms with Gasteiger partial charge in [-0.15, -0.1) is 0 Å². The van der Waals surface area contributed by atoms with E-state index in [4.69, 9.17) is 4.42 Å². The smallest absolute Gasteiger partial charge is 0.185 e. The molecule has 1 heterocycles. The third-order valence-electron chi connectivity index (χ3n) is 1.89. The van der Waals surface area contributed by atoms with Crippen molar-refractivity contribution in [2.24, 2.45) is 0 Å². The normalized spacial score (nSPS) is 10.3. The standard InChI is InChI=1S/C11H6I2O2/c12-8-3-7(4-9(13)5-8)11-2-1-10(6-14)15-11/h1-6H. The number of furan rings is 1. The zero-order valence-electron chi connectivity index (χ0n) is 7.54. The van der Waals surface area contributed by atoms with Crippen molar-refractivity contribution < 1.29 is 9.21 Å². The van der Waals surface area contributed by atoms with Crippen LogP contribution in [0.1, 0.15) is 10.6 Å². The number of benzene rings is 1. The molecule has 76 valence electrons. The van der Waals surface area contributed by atoms with Crippen molar-refractivity contribution in [2.45, 2.75) is 0 Å². The monoisotopic (exact) mass is 424 g/mol. The van der Waals surface area contributed by atoms with Crippen LogP contribution >= 0.6 is 45.2 Å². The quantitative estimate of drug-likeness (QED) is 0.540. The van der Waals surface area contributed by atoms with Gasteiger partial charge in [0, 0.05) is 12.7 Å². The zero-order chi connectivity index (χ0) is 10.8. The first-order valence-electron chi connectivity index (χ1n) is 4.20. The highest BCUT2D eigenvalue weighted by Gasteiger charge is 2.05. The van der Waals surface area contributed by atoms with Gasteiger partial charge >= 0.3 is 0 Å². The summed E-state index contributed by atoms with van der Waals surface area (Å²) in [4.78, 5) is 10.5. The Hall–Kier alpha value is -0.370. The summed E-state index contributed by atoms with van der Waals surface area (Å²) in [6.45, 7) is 0. The van der Waals surface area contributed by atoms with Gasteiger partial charge in [-0.1, -0.05) is 0 Å². The van der Waals surface area contributed by atoms with Gasteiger partial charge in [-0.05, 0) is 75.5 Å². The molecule has 0 spiro atoms. The molecule has 2 rings (SSSR count). The van der Waals surface area contributed by atoms with Gasteiger partial charge in [-0.3, -0.25) is 4.79 Å². The van der Waals surface area contributed by atoms with E-state index in [9.17, 15) is 4.79 Å². The van der Waals surface area contributed by atoms with Crippen molar-refractivity contribution in [3.63, 3.8) is 0 Å². The van der Waals surface area contributed by atoms with Crippen molar-refractivity contribution in [1.82, 2.24) is 0 Å². The van der Waals surface area contributed by atoms with E-state index < -0.39 is 0 Å². The summed E-state index contributed by atoms with van der Waals surface area (Å²) in [6.07, 6.45) is 0.711. The highest BCUT2D eigenvalue weighted by Crippen LogP contribution is 2.25. The lowest BCUT2D eigenvalue weighted by Gasteiger charge is -1.99. The Morgan fingerprint density at radius 2 is 1.73 bits per heavy atom. The minimum Gasteiger partial charge on any atom is -0.453 e. The van der Waals surface area contributed by atoms with Gasteiger partial charge in [0.15, 0.2) is 12.0 Å². The summed E-state index contributed by atoms with van der Waals surface area (Å²) in [7, 11) is 0. The maximum absolute atomic E-state index is 10.5. The molecule has 2 aromatic rings. The first-order valence-corrected chi connectivity index (χ1v) is 6.36. The third-order valence-corrected chi connectivity index (χ3v) is 3.14. The summed E-state index contributed by atoms with van der Waals surface area (Å²) in [5.74, 6) is 1.09. The lowest BCUT2D eigenvalue weighted by Crippen LogP contribution is -1.80. The largest absolute Gasteiger partial charge is 0.453 e. The second-order valence-corrected chi connectivity index (χ2v) is 5.47. The van der Waals surface area contributed by atoms with E-state index in [1.807, 2.05) is 18.2 Å².